The minimum atomic E-state index is 0.343. The second-order valence-corrected chi connectivity index (χ2v) is 5.54. The Morgan fingerprint density at radius 1 is 1.40 bits per heavy atom. The molecule has 0 aliphatic heterocycles. The van der Waals surface area contributed by atoms with Crippen molar-refractivity contribution in [3.63, 3.8) is 0 Å². The van der Waals surface area contributed by atoms with E-state index < -0.39 is 0 Å². The summed E-state index contributed by atoms with van der Waals surface area (Å²) in [6.45, 7) is 9.86. The van der Waals surface area contributed by atoms with Crippen molar-refractivity contribution in [3.05, 3.63) is 10.6 Å². The van der Waals surface area contributed by atoms with Crippen molar-refractivity contribution in [1.82, 2.24) is 14.8 Å². The molecule has 0 atom stereocenters. The van der Waals surface area contributed by atoms with Crippen LogP contribution in [-0.2, 0) is 13.0 Å². The molecule has 0 saturated carbocycles. The van der Waals surface area contributed by atoms with Crippen LogP contribution >= 0.6 is 12.2 Å². The maximum atomic E-state index is 5.22. The second-order valence-electron chi connectivity index (χ2n) is 5.16. The number of nitrogens with one attached hydrogen (secondary N) is 1. The predicted octanol–water partition coefficient (Wildman–Crippen LogP) is 3.33. The van der Waals surface area contributed by atoms with E-state index in [2.05, 4.69) is 42.5 Å². The quantitative estimate of drug-likeness (QED) is 0.800. The summed E-state index contributed by atoms with van der Waals surface area (Å²) in [5.41, 5.74) is 0.343. The topological polar surface area (TPSA) is 33.6 Å². The van der Waals surface area contributed by atoms with Crippen molar-refractivity contribution in [2.24, 2.45) is 5.41 Å². The van der Waals surface area contributed by atoms with E-state index in [4.69, 9.17) is 12.2 Å². The van der Waals surface area contributed by atoms with Gasteiger partial charge in [0.05, 0.1) is 0 Å². The van der Waals surface area contributed by atoms with Crippen molar-refractivity contribution in [2.45, 2.75) is 53.5 Å². The summed E-state index contributed by atoms with van der Waals surface area (Å²) >= 11 is 5.22. The Hall–Kier alpha value is -0.640. The Labute approximate surface area is 96.9 Å². The van der Waals surface area contributed by atoms with Crippen molar-refractivity contribution < 1.29 is 0 Å². The molecule has 0 bridgehead atoms. The minimum absolute atomic E-state index is 0.343. The predicted molar refractivity (Wildman–Crippen MR) is 65.5 cm³/mol. The molecule has 86 valence electrons. The average molecular weight is 227 g/mol. The van der Waals surface area contributed by atoms with Gasteiger partial charge >= 0.3 is 0 Å². The van der Waals surface area contributed by atoms with Gasteiger partial charge in [0.1, 0.15) is 5.82 Å². The number of hydrogen-bond acceptors (Lipinski definition) is 2. The van der Waals surface area contributed by atoms with Crippen LogP contribution in [0.2, 0.25) is 0 Å². The molecule has 0 unspecified atom stereocenters. The van der Waals surface area contributed by atoms with E-state index in [1.165, 1.54) is 0 Å². The first-order valence-corrected chi connectivity index (χ1v) is 5.99. The van der Waals surface area contributed by atoms with E-state index in [1.54, 1.807) is 0 Å². The lowest BCUT2D eigenvalue weighted by atomic mass is 9.92. The highest BCUT2D eigenvalue weighted by atomic mass is 32.1. The zero-order valence-electron chi connectivity index (χ0n) is 10.1. The van der Waals surface area contributed by atoms with E-state index in [-0.39, 0.29) is 0 Å². The Morgan fingerprint density at radius 2 is 2.07 bits per heavy atom. The highest BCUT2D eigenvalue weighted by molar-refractivity contribution is 7.71. The van der Waals surface area contributed by atoms with E-state index in [1.807, 2.05) is 0 Å². The fourth-order valence-corrected chi connectivity index (χ4v) is 1.68. The monoisotopic (exact) mass is 227 g/mol. The number of nitrogens with zero attached hydrogens (tertiary/aromatic N) is 2. The van der Waals surface area contributed by atoms with Gasteiger partial charge in [-0.25, -0.2) is 0 Å². The van der Waals surface area contributed by atoms with Crippen LogP contribution in [-0.4, -0.2) is 14.8 Å². The third-order valence-corrected chi connectivity index (χ3v) is 2.71. The van der Waals surface area contributed by atoms with Crippen molar-refractivity contribution in [3.8, 4) is 0 Å². The van der Waals surface area contributed by atoms with Gasteiger partial charge in [-0.2, -0.15) is 5.10 Å². The van der Waals surface area contributed by atoms with Crippen LogP contribution < -0.4 is 0 Å². The number of rotatable bonds is 4. The van der Waals surface area contributed by atoms with Crippen LogP contribution in [0.5, 0.6) is 0 Å². The molecule has 15 heavy (non-hydrogen) atoms. The molecule has 1 N–H and O–H groups in total. The van der Waals surface area contributed by atoms with Crippen LogP contribution in [0.15, 0.2) is 0 Å². The minimum Gasteiger partial charge on any atom is -0.304 e. The number of H-pyrrole nitrogens is 1. The summed E-state index contributed by atoms with van der Waals surface area (Å²) in [6.07, 6.45) is 3.23. The first-order chi connectivity index (χ1) is 6.94. The Kier molecular flexibility index (Phi) is 4.08. The number of aromatic nitrogens is 3. The van der Waals surface area contributed by atoms with Gasteiger partial charge in [0.2, 0.25) is 0 Å². The van der Waals surface area contributed by atoms with Crippen LogP contribution in [0.4, 0.5) is 0 Å². The smallest absolute Gasteiger partial charge is 0.195 e. The van der Waals surface area contributed by atoms with E-state index in [0.29, 0.717) is 5.41 Å². The Morgan fingerprint density at radius 3 is 2.60 bits per heavy atom. The Balaban J connectivity index is 2.75. The SMILES string of the molecule is CCCc1n[nH]c(=S)n1CCC(C)(C)C. The summed E-state index contributed by atoms with van der Waals surface area (Å²) < 4.78 is 2.88. The van der Waals surface area contributed by atoms with Gasteiger partial charge < -0.3 is 4.57 Å². The third-order valence-electron chi connectivity index (χ3n) is 2.40. The lowest BCUT2D eigenvalue weighted by molar-refractivity contribution is 0.346. The molecule has 0 aromatic carbocycles. The van der Waals surface area contributed by atoms with Gasteiger partial charge in [-0.3, -0.25) is 5.10 Å². The molecule has 0 amide bonds. The largest absolute Gasteiger partial charge is 0.304 e. The molecule has 3 nitrogen and oxygen atoms in total. The van der Waals surface area contributed by atoms with Crippen LogP contribution in [0.1, 0.15) is 46.4 Å². The maximum absolute atomic E-state index is 5.22. The van der Waals surface area contributed by atoms with Gasteiger partial charge in [0, 0.05) is 13.0 Å². The summed E-state index contributed by atoms with van der Waals surface area (Å²) in [5, 5.41) is 7.13. The molecule has 0 aliphatic rings. The van der Waals surface area contributed by atoms with Crippen molar-refractivity contribution >= 4 is 12.2 Å². The highest BCUT2D eigenvalue weighted by Gasteiger charge is 2.12. The van der Waals surface area contributed by atoms with Gasteiger partial charge in [0.15, 0.2) is 4.77 Å². The molecule has 0 saturated heterocycles. The van der Waals surface area contributed by atoms with E-state index in [9.17, 15) is 0 Å². The summed E-state index contributed by atoms with van der Waals surface area (Å²) in [4.78, 5) is 0. The fraction of sp³-hybridized carbons (Fsp3) is 0.818. The molecule has 1 heterocycles. The molecule has 4 heteroatoms. The third kappa shape index (κ3) is 3.78. The number of aromatic amines is 1. The number of hydrogen-bond donors (Lipinski definition) is 1. The Bertz CT molecular complexity index is 357. The molecular weight excluding hydrogens is 206 g/mol. The van der Waals surface area contributed by atoms with Crippen LogP contribution in [0.3, 0.4) is 0 Å². The van der Waals surface area contributed by atoms with E-state index in [0.717, 1.165) is 36.4 Å². The average Bonchev–Trinajstić information content (AvgIpc) is 2.44. The van der Waals surface area contributed by atoms with E-state index >= 15 is 0 Å². The number of aryl methyl sites for hydroxylation is 1. The molecule has 0 radical (unpaired) electrons. The molecule has 1 aromatic rings. The van der Waals surface area contributed by atoms with Gasteiger partial charge in [-0.15, -0.1) is 0 Å². The van der Waals surface area contributed by atoms with Gasteiger partial charge in [-0.1, -0.05) is 27.7 Å². The summed E-state index contributed by atoms with van der Waals surface area (Å²) in [5.74, 6) is 1.09. The standard InChI is InChI=1S/C11H21N3S/c1-5-6-9-12-13-10(15)14(9)8-7-11(2,3)4/h5-8H2,1-4H3,(H,13,15). The van der Waals surface area contributed by atoms with Crippen LogP contribution in [0.25, 0.3) is 0 Å². The highest BCUT2D eigenvalue weighted by Crippen LogP contribution is 2.19. The molecule has 0 fully saturated rings. The molecule has 0 aliphatic carbocycles. The molecular formula is C11H21N3S. The van der Waals surface area contributed by atoms with Gasteiger partial charge in [-0.05, 0) is 30.5 Å². The first kappa shape index (κ1) is 12.4. The maximum Gasteiger partial charge on any atom is 0.195 e. The summed E-state index contributed by atoms with van der Waals surface area (Å²) in [6, 6.07) is 0. The van der Waals surface area contributed by atoms with Crippen LogP contribution in [0, 0.1) is 10.2 Å². The zero-order chi connectivity index (χ0) is 11.5. The molecule has 1 aromatic heterocycles. The van der Waals surface area contributed by atoms with Crippen molar-refractivity contribution in [2.75, 3.05) is 0 Å². The zero-order valence-corrected chi connectivity index (χ0v) is 10.9. The van der Waals surface area contributed by atoms with Crippen molar-refractivity contribution in [1.29, 1.82) is 0 Å². The first-order valence-electron chi connectivity index (χ1n) is 5.58. The second kappa shape index (κ2) is 4.92. The molecule has 0 spiro atoms. The summed E-state index contributed by atoms with van der Waals surface area (Å²) in [7, 11) is 0. The lowest BCUT2D eigenvalue weighted by Gasteiger charge is -2.18. The van der Waals surface area contributed by atoms with Gasteiger partial charge in [0.25, 0.3) is 0 Å². The normalized spacial score (nSPS) is 12.0. The lowest BCUT2D eigenvalue weighted by Crippen LogP contribution is -2.12. The molecule has 1 rings (SSSR count). The fourth-order valence-electron chi connectivity index (χ4n) is 1.44.